The summed E-state index contributed by atoms with van der Waals surface area (Å²) in [4.78, 5) is 23.6. The Kier molecular flexibility index (Phi) is 6.55. The number of hydrogen-bond donors (Lipinski definition) is 2. The molecule has 0 radical (unpaired) electrons. The summed E-state index contributed by atoms with van der Waals surface area (Å²) in [5.41, 5.74) is 6.27. The zero-order valence-corrected chi connectivity index (χ0v) is 13.9. The van der Waals surface area contributed by atoms with Crippen LogP contribution in [0.15, 0.2) is 54.6 Å². The van der Waals surface area contributed by atoms with E-state index in [4.69, 9.17) is 10.00 Å². The SMILES string of the molecule is CC(CC(=O)NNC(=O)COc1ccc(C#N)cc1)c1ccccc1. The number of hydrogen-bond acceptors (Lipinski definition) is 4. The summed E-state index contributed by atoms with van der Waals surface area (Å²) in [6.45, 7) is 1.71. The highest BCUT2D eigenvalue weighted by molar-refractivity contribution is 5.83. The highest BCUT2D eigenvalue weighted by Crippen LogP contribution is 2.17. The third kappa shape index (κ3) is 5.99. The van der Waals surface area contributed by atoms with Crippen molar-refractivity contribution in [3.05, 3.63) is 65.7 Å². The zero-order chi connectivity index (χ0) is 18.1. The van der Waals surface area contributed by atoms with Gasteiger partial charge in [-0.05, 0) is 35.7 Å². The lowest BCUT2D eigenvalue weighted by Gasteiger charge is -2.13. The van der Waals surface area contributed by atoms with E-state index in [9.17, 15) is 9.59 Å². The maximum absolute atomic E-state index is 11.9. The fourth-order valence-electron chi connectivity index (χ4n) is 2.18. The molecule has 0 bridgehead atoms. The molecule has 128 valence electrons. The molecule has 1 unspecified atom stereocenters. The van der Waals surface area contributed by atoms with Crippen LogP contribution in [0.3, 0.4) is 0 Å². The summed E-state index contributed by atoms with van der Waals surface area (Å²) >= 11 is 0. The van der Waals surface area contributed by atoms with Crippen molar-refractivity contribution >= 4 is 11.8 Å². The normalized spacial score (nSPS) is 11.0. The summed E-state index contributed by atoms with van der Waals surface area (Å²) in [6.07, 6.45) is 0.265. The molecule has 25 heavy (non-hydrogen) atoms. The fraction of sp³-hybridized carbons (Fsp3) is 0.211. The van der Waals surface area contributed by atoms with E-state index in [0.29, 0.717) is 11.3 Å². The molecule has 2 aromatic rings. The van der Waals surface area contributed by atoms with Gasteiger partial charge in [0.15, 0.2) is 6.61 Å². The van der Waals surface area contributed by atoms with E-state index in [0.717, 1.165) is 5.56 Å². The quantitative estimate of drug-likeness (QED) is 0.791. The van der Waals surface area contributed by atoms with Gasteiger partial charge in [-0.2, -0.15) is 5.26 Å². The summed E-state index contributed by atoms with van der Waals surface area (Å²) in [5, 5.41) is 8.71. The van der Waals surface area contributed by atoms with Crippen LogP contribution in [-0.2, 0) is 9.59 Å². The Balaban J connectivity index is 1.70. The molecular formula is C19H19N3O3. The molecule has 1 atom stereocenters. The van der Waals surface area contributed by atoms with Crippen molar-refractivity contribution in [1.29, 1.82) is 5.26 Å². The number of ether oxygens (including phenoxy) is 1. The van der Waals surface area contributed by atoms with Gasteiger partial charge in [-0.25, -0.2) is 0 Å². The highest BCUT2D eigenvalue weighted by Gasteiger charge is 2.12. The van der Waals surface area contributed by atoms with Crippen LogP contribution in [0, 0.1) is 11.3 Å². The smallest absolute Gasteiger partial charge is 0.276 e. The topological polar surface area (TPSA) is 91.2 Å². The van der Waals surface area contributed by atoms with Crippen LogP contribution < -0.4 is 15.6 Å². The van der Waals surface area contributed by atoms with Gasteiger partial charge in [-0.3, -0.25) is 20.4 Å². The Bertz CT molecular complexity index is 752. The molecule has 0 aromatic heterocycles. The second-order valence-corrected chi connectivity index (χ2v) is 5.54. The average molecular weight is 337 g/mol. The van der Waals surface area contributed by atoms with E-state index in [-0.39, 0.29) is 24.9 Å². The third-order valence-electron chi connectivity index (χ3n) is 3.55. The minimum Gasteiger partial charge on any atom is -0.484 e. The number of nitrogens with zero attached hydrogens (tertiary/aromatic N) is 1. The number of rotatable bonds is 6. The molecule has 2 N–H and O–H groups in total. The van der Waals surface area contributed by atoms with E-state index in [2.05, 4.69) is 10.9 Å². The van der Waals surface area contributed by atoms with Crippen molar-refractivity contribution in [3.8, 4) is 11.8 Å². The molecule has 0 fully saturated rings. The second-order valence-electron chi connectivity index (χ2n) is 5.54. The van der Waals surface area contributed by atoms with Gasteiger partial charge in [0, 0.05) is 6.42 Å². The maximum Gasteiger partial charge on any atom is 0.276 e. The summed E-state index contributed by atoms with van der Waals surface area (Å²) in [7, 11) is 0. The van der Waals surface area contributed by atoms with Gasteiger partial charge >= 0.3 is 0 Å². The van der Waals surface area contributed by atoms with Crippen molar-refractivity contribution in [2.24, 2.45) is 0 Å². The van der Waals surface area contributed by atoms with Crippen molar-refractivity contribution in [2.45, 2.75) is 19.3 Å². The first-order chi connectivity index (χ1) is 12.1. The lowest BCUT2D eigenvalue weighted by Crippen LogP contribution is -2.44. The number of carbonyl (C=O) groups is 2. The second kappa shape index (κ2) is 9.08. The standard InChI is InChI=1S/C19H19N3O3/c1-14(16-5-3-2-4-6-16)11-18(23)21-22-19(24)13-25-17-9-7-15(12-20)8-10-17/h2-10,14H,11,13H2,1H3,(H,21,23)(H,22,24). The van der Waals surface area contributed by atoms with Gasteiger partial charge in [-0.15, -0.1) is 0 Å². The molecule has 0 aliphatic rings. The molecule has 0 saturated carbocycles. The number of nitriles is 1. The minimum atomic E-state index is -0.468. The number of carbonyl (C=O) groups excluding carboxylic acids is 2. The Morgan fingerprint density at radius 1 is 1.04 bits per heavy atom. The molecule has 0 saturated heterocycles. The Hall–Kier alpha value is -3.33. The predicted molar refractivity (Wildman–Crippen MR) is 92.4 cm³/mol. The molecule has 0 aliphatic carbocycles. The number of nitrogens with one attached hydrogen (secondary N) is 2. The van der Waals surface area contributed by atoms with Crippen LogP contribution >= 0.6 is 0 Å². The van der Waals surface area contributed by atoms with E-state index in [1.807, 2.05) is 43.3 Å². The lowest BCUT2D eigenvalue weighted by molar-refractivity contribution is -0.130. The van der Waals surface area contributed by atoms with Crippen LogP contribution in [0.25, 0.3) is 0 Å². The molecule has 2 amide bonds. The van der Waals surface area contributed by atoms with E-state index < -0.39 is 5.91 Å². The average Bonchev–Trinajstić information content (AvgIpc) is 2.65. The Labute approximate surface area is 146 Å². The largest absolute Gasteiger partial charge is 0.484 e. The van der Waals surface area contributed by atoms with E-state index in [1.165, 1.54) is 0 Å². The first-order valence-corrected chi connectivity index (χ1v) is 7.84. The third-order valence-corrected chi connectivity index (χ3v) is 3.55. The monoisotopic (exact) mass is 337 g/mol. The van der Waals surface area contributed by atoms with Crippen LogP contribution in [0.2, 0.25) is 0 Å². The van der Waals surface area contributed by atoms with Crippen molar-refractivity contribution in [3.63, 3.8) is 0 Å². The molecular weight excluding hydrogens is 318 g/mol. The van der Waals surface area contributed by atoms with E-state index >= 15 is 0 Å². The number of hydrazine groups is 1. The maximum atomic E-state index is 11.9. The molecule has 6 heteroatoms. The highest BCUT2D eigenvalue weighted by atomic mass is 16.5. The van der Waals surface area contributed by atoms with Gasteiger partial charge in [0.25, 0.3) is 5.91 Å². The number of benzene rings is 2. The van der Waals surface area contributed by atoms with Gasteiger partial charge in [-0.1, -0.05) is 37.3 Å². The van der Waals surface area contributed by atoms with Crippen LogP contribution in [0.5, 0.6) is 5.75 Å². The van der Waals surface area contributed by atoms with Gasteiger partial charge in [0.2, 0.25) is 5.91 Å². The molecule has 0 spiro atoms. The molecule has 2 aromatic carbocycles. The summed E-state index contributed by atoms with van der Waals surface area (Å²) in [5.74, 6) is -0.223. The van der Waals surface area contributed by atoms with E-state index in [1.54, 1.807) is 24.3 Å². The first-order valence-electron chi connectivity index (χ1n) is 7.84. The van der Waals surface area contributed by atoms with Gasteiger partial charge in [0.05, 0.1) is 11.6 Å². The molecule has 6 nitrogen and oxygen atoms in total. The molecule has 0 heterocycles. The minimum absolute atomic E-state index is 0.0491. The van der Waals surface area contributed by atoms with Crippen molar-refractivity contribution < 1.29 is 14.3 Å². The number of amides is 2. The summed E-state index contributed by atoms with van der Waals surface area (Å²) < 4.78 is 5.28. The van der Waals surface area contributed by atoms with Crippen LogP contribution in [-0.4, -0.2) is 18.4 Å². The molecule has 0 aliphatic heterocycles. The Morgan fingerprint density at radius 3 is 2.32 bits per heavy atom. The molecule has 2 rings (SSSR count). The van der Waals surface area contributed by atoms with Crippen molar-refractivity contribution in [2.75, 3.05) is 6.61 Å². The summed E-state index contributed by atoms with van der Waals surface area (Å²) in [6, 6.07) is 18.1. The van der Waals surface area contributed by atoms with Crippen LogP contribution in [0.4, 0.5) is 0 Å². The van der Waals surface area contributed by atoms with Gasteiger partial charge in [0.1, 0.15) is 5.75 Å². The van der Waals surface area contributed by atoms with Crippen molar-refractivity contribution in [1.82, 2.24) is 10.9 Å². The Morgan fingerprint density at radius 2 is 1.68 bits per heavy atom. The van der Waals surface area contributed by atoms with Crippen LogP contribution in [0.1, 0.15) is 30.4 Å². The zero-order valence-electron chi connectivity index (χ0n) is 13.9. The fourth-order valence-corrected chi connectivity index (χ4v) is 2.18. The first kappa shape index (κ1) is 18.0. The predicted octanol–water partition coefficient (Wildman–Crippen LogP) is 2.28. The lowest BCUT2D eigenvalue weighted by atomic mass is 9.98. The van der Waals surface area contributed by atoms with Gasteiger partial charge < -0.3 is 4.74 Å².